The largest absolute Gasteiger partial charge is 0.508 e. The lowest BCUT2D eigenvalue weighted by Crippen LogP contribution is -2.33. The smallest absolute Gasteiger partial charge is 0.434 e. The first kappa shape index (κ1) is 33.1. The molecule has 0 bridgehead atoms. The maximum atomic E-state index is 12.4. The first-order valence-electron chi connectivity index (χ1n) is 13.4. The van der Waals surface area contributed by atoms with E-state index in [0.717, 1.165) is 51.4 Å². The molecule has 0 aromatic heterocycles. The van der Waals surface area contributed by atoms with Crippen molar-refractivity contribution in [2.24, 2.45) is 11.8 Å². The number of hydrogen-bond acceptors (Lipinski definition) is 7. The molecule has 0 saturated heterocycles. The number of ether oxygens (including phenoxy) is 2. The topological polar surface area (TPSA) is 72.5 Å². The van der Waals surface area contributed by atoms with Gasteiger partial charge in [-0.2, -0.15) is 0 Å². The molecule has 0 fully saturated rings. The van der Waals surface area contributed by atoms with Crippen LogP contribution in [0.1, 0.15) is 121 Å². The predicted octanol–water partition coefficient (Wildman–Crippen LogP) is 7.80. The second-order valence-corrected chi connectivity index (χ2v) is 10.7. The van der Waals surface area contributed by atoms with E-state index in [1.807, 2.05) is 41.5 Å². The highest BCUT2D eigenvalue weighted by atomic mass is 17.2. The normalized spacial score (nSPS) is 16.1. The maximum absolute atomic E-state index is 12.4. The van der Waals surface area contributed by atoms with Crippen molar-refractivity contribution in [2.75, 3.05) is 13.2 Å². The Balaban J connectivity index is 4.76. The lowest BCUT2D eigenvalue weighted by Gasteiger charge is -2.29. The molecule has 0 aliphatic rings. The van der Waals surface area contributed by atoms with Crippen molar-refractivity contribution in [2.45, 2.75) is 144 Å². The Kier molecular flexibility index (Phi) is 17.1. The van der Waals surface area contributed by atoms with Gasteiger partial charge in [0.1, 0.15) is 13.2 Å². The number of hydrogen-bond donors (Lipinski definition) is 0. The minimum absolute atomic E-state index is 0.0305. The van der Waals surface area contributed by atoms with E-state index in [0.29, 0.717) is 0 Å². The van der Waals surface area contributed by atoms with E-state index in [1.165, 1.54) is 0 Å². The molecular weight excluding hydrogens is 436 g/mol. The molecule has 0 N–H and O–H groups in total. The summed E-state index contributed by atoms with van der Waals surface area (Å²) in [6.45, 7) is 20.7. The summed E-state index contributed by atoms with van der Waals surface area (Å²) in [4.78, 5) is 34.9. The molecule has 7 heteroatoms. The number of rotatable bonds is 20. The van der Waals surface area contributed by atoms with Gasteiger partial charge in [0.15, 0.2) is 0 Å². The van der Waals surface area contributed by atoms with Crippen LogP contribution in [-0.2, 0) is 29.0 Å². The van der Waals surface area contributed by atoms with Gasteiger partial charge in [-0.3, -0.25) is 0 Å². The Morgan fingerprint density at radius 2 is 1.03 bits per heavy atom. The second kappa shape index (κ2) is 17.5. The van der Waals surface area contributed by atoms with Crippen LogP contribution >= 0.6 is 0 Å². The Hall–Kier alpha value is -0.890. The van der Waals surface area contributed by atoms with Gasteiger partial charge in [-0.15, -0.1) is 0 Å². The minimum Gasteiger partial charge on any atom is -0.434 e. The molecule has 4 unspecified atom stereocenters. The average molecular weight is 491 g/mol. The van der Waals surface area contributed by atoms with Crippen molar-refractivity contribution < 1.29 is 33.8 Å². The first-order chi connectivity index (χ1) is 15.9. The summed E-state index contributed by atoms with van der Waals surface area (Å²) in [5, 5.41) is 0. The van der Waals surface area contributed by atoms with E-state index >= 15 is 0 Å². The molecule has 0 aliphatic heterocycles. The van der Waals surface area contributed by atoms with Crippen molar-refractivity contribution in [3.8, 4) is 0 Å². The molecule has 0 saturated carbocycles. The molecule has 0 amide bonds. The highest BCUT2D eigenvalue weighted by Gasteiger charge is 2.27. The van der Waals surface area contributed by atoms with Crippen molar-refractivity contribution in [1.82, 2.24) is 0 Å². The Morgan fingerprint density at radius 3 is 1.32 bits per heavy atom. The lowest BCUT2D eigenvalue weighted by atomic mass is 9.98. The number of carbonyl (C=O) groups excluding carboxylic acids is 1. The fraction of sp³-hybridized carbons (Fsp3) is 0.963. The number of carbonyl (C=O) groups is 1. The first-order valence-corrected chi connectivity index (χ1v) is 13.4. The molecule has 0 spiro atoms. The predicted molar refractivity (Wildman–Crippen MR) is 135 cm³/mol. The zero-order valence-electron chi connectivity index (χ0n) is 23.7. The van der Waals surface area contributed by atoms with Crippen LogP contribution in [0.25, 0.3) is 0 Å². The molecule has 204 valence electrons. The van der Waals surface area contributed by atoms with Crippen LogP contribution in [0.15, 0.2) is 0 Å². The van der Waals surface area contributed by atoms with Crippen LogP contribution in [0.5, 0.6) is 0 Å². The maximum Gasteiger partial charge on any atom is 0.508 e. The molecule has 0 aliphatic carbocycles. The monoisotopic (exact) mass is 490 g/mol. The Labute approximate surface area is 209 Å². The summed E-state index contributed by atoms with van der Waals surface area (Å²) in [5.74, 6) is 0.0611. The van der Waals surface area contributed by atoms with Crippen LogP contribution in [0.2, 0.25) is 0 Å². The SMILES string of the molecule is CCCCC(COC(=O)OCC(CCCC)C(C)OOC(C)(C)CC)C(C)OOC(C)(C)CC. The standard InChI is InChI=1S/C27H54O7/c1-11-15-17-23(21(5)31-33-26(7,8)13-3)19-29-25(28)30-20-24(18-16-12-2)22(6)32-34-27(9,10)14-4/h21-24H,11-20H2,1-10H3. The Bertz CT molecular complexity index is 477. The summed E-state index contributed by atoms with van der Waals surface area (Å²) in [5.41, 5.74) is -0.711. The van der Waals surface area contributed by atoms with E-state index in [1.54, 1.807) is 0 Å². The van der Waals surface area contributed by atoms with Crippen molar-refractivity contribution >= 4 is 6.16 Å². The van der Waals surface area contributed by atoms with Crippen LogP contribution in [0.4, 0.5) is 4.79 Å². The summed E-state index contributed by atoms with van der Waals surface area (Å²) in [7, 11) is 0. The molecular formula is C27H54O7. The van der Waals surface area contributed by atoms with Crippen LogP contribution in [-0.4, -0.2) is 42.8 Å². The molecule has 0 rings (SSSR count). The van der Waals surface area contributed by atoms with E-state index in [-0.39, 0.29) is 48.5 Å². The van der Waals surface area contributed by atoms with E-state index < -0.39 is 6.16 Å². The highest BCUT2D eigenvalue weighted by Crippen LogP contribution is 2.23. The molecule has 4 atom stereocenters. The third-order valence-electron chi connectivity index (χ3n) is 6.57. The summed E-state index contributed by atoms with van der Waals surface area (Å²) >= 11 is 0. The van der Waals surface area contributed by atoms with Gasteiger partial charge in [0, 0.05) is 11.8 Å². The second-order valence-electron chi connectivity index (χ2n) is 10.7. The summed E-state index contributed by atoms with van der Waals surface area (Å²) in [6.07, 6.45) is 6.55. The van der Waals surface area contributed by atoms with Crippen molar-refractivity contribution in [3.63, 3.8) is 0 Å². The quantitative estimate of drug-likeness (QED) is 0.0979. The number of unbranched alkanes of at least 4 members (excludes halogenated alkanes) is 2. The third-order valence-corrected chi connectivity index (χ3v) is 6.57. The molecule has 0 aromatic rings. The van der Waals surface area contributed by atoms with Crippen molar-refractivity contribution in [3.05, 3.63) is 0 Å². The fourth-order valence-corrected chi connectivity index (χ4v) is 2.92. The van der Waals surface area contributed by atoms with Gasteiger partial charge < -0.3 is 9.47 Å². The average Bonchev–Trinajstić information content (AvgIpc) is 2.81. The molecule has 0 heterocycles. The fourth-order valence-electron chi connectivity index (χ4n) is 2.92. The van der Waals surface area contributed by atoms with Gasteiger partial charge in [0.25, 0.3) is 0 Å². The zero-order chi connectivity index (χ0) is 26.2. The van der Waals surface area contributed by atoms with Gasteiger partial charge in [0.2, 0.25) is 0 Å². The van der Waals surface area contributed by atoms with E-state index in [2.05, 4.69) is 27.7 Å². The van der Waals surface area contributed by atoms with Gasteiger partial charge in [-0.25, -0.2) is 24.3 Å². The van der Waals surface area contributed by atoms with Gasteiger partial charge in [-0.1, -0.05) is 53.4 Å². The van der Waals surface area contributed by atoms with Gasteiger partial charge in [0.05, 0.1) is 23.4 Å². The highest BCUT2D eigenvalue weighted by molar-refractivity contribution is 5.59. The van der Waals surface area contributed by atoms with Crippen LogP contribution < -0.4 is 0 Å². The lowest BCUT2D eigenvalue weighted by molar-refractivity contribution is -0.383. The zero-order valence-corrected chi connectivity index (χ0v) is 23.7. The minimum atomic E-state index is -0.660. The van der Waals surface area contributed by atoms with Crippen LogP contribution in [0, 0.1) is 11.8 Å². The van der Waals surface area contributed by atoms with Crippen molar-refractivity contribution in [1.29, 1.82) is 0 Å². The van der Waals surface area contributed by atoms with E-state index in [9.17, 15) is 4.79 Å². The van der Waals surface area contributed by atoms with E-state index in [4.69, 9.17) is 29.0 Å². The summed E-state index contributed by atoms with van der Waals surface area (Å²) in [6, 6.07) is 0. The molecule has 34 heavy (non-hydrogen) atoms. The van der Waals surface area contributed by atoms with Crippen LogP contribution in [0.3, 0.4) is 0 Å². The molecule has 0 aromatic carbocycles. The molecule has 7 nitrogen and oxygen atoms in total. The third kappa shape index (κ3) is 15.2. The van der Waals surface area contributed by atoms with Gasteiger partial charge >= 0.3 is 6.16 Å². The summed E-state index contributed by atoms with van der Waals surface area (Å²) < 4.78 is 11.0. The molecule has 0 radical (unpaired) electrons. The van der Waals surface area contributed by atoms with Gasteiger partial charge in [-0.05, 0) is 67.2 Å². The Morgan fingerprint density at radius 1 is 0.676 bits per heavy atom.